The summed E-state index contributed by atoms with van der Waals surface area (Å²) in [5, 5.41) is 13.6. The molecule has 0 bridgehead atoms. The van der Waals surface area contributed by atoms with Crippen LogP contribution >= 0.6 is 0 Å². The van der Waals surface area contributed by atoms with Gasteiger partial charge in [-0.2, -0.15) is 13.2 Å². The van der Waals surface area contributed by atoms with Gasteiger partial charge in [-0.05, 0) is 35.2 Å². The molecule has 2 N–H and O–H groups in total. The van der Waals surface area contributed by atoms with Gasteiger partial charge in [0.05, 0.1) is 51.1 Å². The minimum Gasteiger partial charge on any atom is -0.394 e. The lowest BCUT2D eigenvalue weighted by Crippen LogP contribution is -2.66. The molecular weight excluding hydrogens is 772 g/mol. The van der Waals surface area contributed by atoms with E-state index < -0.39 is 48.5 Å². The van der Waals surface area contributed by atoms with Gasteiger partial charge in [-0.3, -0.25) is 4.79 Å². The van der Waals surface area contributed by atoms with E-state index in [1.165, 1.54) is 69.9 Å². The molecule has 0 spiro atoms. The number of amides is 1. The summed E-state index contributed by atoms with van der Waals surface area (Å²) in [6, 6.07) is 23.3. The molecule has 6 atom stereocenters. The molecule has 1 saturated heterocycles. The number of ether oxygens (including phenoxy) is 5. The van der Waals surface area contributed by atoms with Crippen molar-refractivity contribution in [2.24, 2.45) is 0 Å². The number of unbranched alkanes of at least 4 members (excludes halogenated alkanes) is 12. The molecule has 0 aromatic heterocycles. The van der Waals surface area contributed by atoms with Crippen LogP contribution in [0.3, 0.4) is 0 Å². The Bertz CT molecular complexity index is 1580. The number of alkyl halides is 3. The number of benzene rings is 3. The second-order valence-corrected chi connectivity index (χ2v) is 15.8. The zero-order valence-corrected chi connectivity index (χ0v) is 35.5. The summed E-state index contributed by atoms with van der Waals surface area (Å²) in [6.07, 6.45) is 9.56. The fourth-order valence-corrected chi connectivity index (χ4v) is 7.53. The Balaban J connectivity index is 1.44. The minimum absolute atomic E-state index is 0.00601. The number of rotatable bonds is 30. The average molecular weight is 840 g/mol. The van der Waals surface area contributed by atoms with E-state index in [1.54, 1.807) is 6.08 Å². The first-order chi connectivity index (χ1) is 29.2. The lowest BCUT2D eigenvalue weighted by molar-refractivity contribution is -0.285. The van der Waals surface area contributed by atoms with Gasteiger partial charge >= 0.3 is 6.18 Å². The van der Waals surface area contributed by atoms with Crippen LogP contribution in [0.25, 0.3) is 0 Å². The molecule has 1 fully saturated rings. The molecule has 4 rings (SSSR count). The fourth-order valence-electron chi connectivity index (χ4n) is 7.53. The molecule has 0 radical (unpaired) electrons. The highest BCUT2D eigenvalue weighted by atomic mass is 19.4. The predicted octanol–water partition coefficient (Wildman–Crippen LogP) is 11.0. The van der Waals surface area contributed by atoms with Gasteiger partial charge in [0.2, 0.25) is 5.91 Å². The number of carbonyl (C=O) groups is 1. The topological polar surface area (TPSA) is 95.5 Å². The number of aliphatic hydroxyl groups is 1. The Morgan fingerprint density at radius 3 is 1.77 bits per heavy atom. The average Bonchev–Trinajstić information content (AvgIpc) is 3.25. The van der Waals surface area contributed by atoms with Crippen molar-refractivity contribution in [1.29, 1.82) is 0 Å². The van der Waals surface area contributed by atoms with Crippen molar-refractivity contribution in [3.63, 3.8) is 0 Å². The van der Waals surface area contributed by atoms with Crippen molar-refractivity contribution in [3.8, 4) is 0 Å². The summed E-state index contributed by atoms with van der Waals surface area (Å²) in [6.45, 7) is 6.23. The summed E-state index contributed by atoms with van der Waals surface area (Å²) < 4.78 is 71.4. The monoisotopic (exact) mass is 839 g/mol. The summed E-state index contributed by atoms with van der Waals surface area (Å²) >= 11 is 0. The largest absolute Gasteiger partial charge is 0.416 e. The highest BCUT2D eigenvalue weighted by molar-refractivity contribution is 5.77. The molecule has 1 aliphatic heterocycles. The van der Waals surface area contributed by atoms with Crippen LogP contribution in [-0.4, -0.2) is 61.0 Å². The van der Waals surface area contributed by atoms with Crippen LogP contribution in [0.5, 0.6) is 0 Å². The number of nitrogens with one attached hydrogen (secondary N) is 1. The molecule has 60 heavy (non-hydrogen) atoms. The maximum Gasteiger partial charge on any atom is 0.416 e. The van der Waals surface area contributed by atoms with Gasteiger partial charge in [0.15, 0.2) is 6.29 Å². The lowest BCUT2D eigenvalue weighted by atomic mass is 9.95. The van der Waals surface area contributed by atoms with Gasteiger partial charge in [-0.25, -0.2) is 0 Å². The molecule has 1 aliphatic rings. The first-order valence-electron chi connectivity index (χ1n) is 22.1. The number of carbonyl (C=O) groups excluding carboxylic acids is 1. The SMILES string of the molecule is C=CCO[C@H]1O[C@H](CO)[C@@H](OCc2ccccc2)[C@H](OCc2ccccc2)[C@H]1NC(=O)C[C@@H](CCCCCCCCCCCCCCC)OCc1ccc(C(F)(F)F)cc1. The predicted molar refractivity (Wildman–Crippen MR) is 229 cm³/mol. The van der Waals surface area contributed by atoms with E-state index in [0.29, 0.717) is 12.0 Å². The summed E-state index contributed by atoms with van der Waals surface area (Å²) in [5.74, 6) is -0.333. The van der Waals surface area contributed by atoms with E-state index in [1.807, 2.05) is 60.7 Å². The third-order valence-corrected chi connectivity index (χ3v) is 10.9. The standard InChI is InChI=1S/C49H68F3NO7/c1-3-5-6-7-8-9-10-11-12-13-14-15-22-27-42(57-35-40-28-30-41(31-29-40)49(50,51)52)33-44(55)53-45-47(59-37-39-25-20-17-21-26-39)46(58-36-38-23-18-16-19-24-38)43(34-54)60-48(45)56-32-4-2/h4,16-21,23-26,28-31,42-43,45-48,54H,2-3,5-15,22,27,32-37H2,1H3,(H,53,55)/t42-,43-,45-,46-,47-,48+/m1/s1. The van der Waals surface area contributed by atoms with Gasteiger partial charge in [0, 0.05) is 0 Å². The van der Waals surface area contributed by atoms with Gasteiger partial charge in [-0.15, -0.1) is 6.58 Å². The van der Waals surface area contributed by atoms with E-state index in [0.717, 1.165) is 48.9 Å². The van der Waals surface area contributed by atoms with Crippen molar-refractivity contribution >= 4 is 5.91 Å². The second-order valence-electron chi connectivity index (χ2n) is 15.8. The number of halogens is 3. The summed E-state index contributed by atoms with van der Waals surface area (Å²) in [5.41, 5.74) is 1.69. The lowest BCUT2D eigenvalue weighted by Gasteiger charge is -2.46. The van der Waals surface area contributed by atoms with Crippen LogP contribution in [0.4, 0.5) is 13.2 Å². The normalized spacial score (nSPS) is 19.9. The van der Waals surface area contributed by atoms with E-state index in [-0.39, 0.29) is 45.4 Å². The Labute approximate surface area is 356 Å². The Hall–Kier alpha value is -3.58. The molecule has 332 valence electrons. The molecule has 3 aromatic carbocycles. The number of aliphatic hydroxyl groups excluding tert-OH is 1. The van der Waals surface area contributed by atoms with Gasteiger partial charge < -0.3 is 34.1 Å². The molecular formula is C49H68F3NO7. The molecule has 8 nitrogen and oxygen atoms in total. The van der Waals surface area contributed by atoms with E-state index in [2.05, 4.69) is 18.8 Å². The van der Waals surface area contributed by atoms with Crippen molar-refractivity contribution in [1.82, 2.24) is 5.32 Å². The van der Waals surface area contributed by atoms with E-state index >= 15 is 0 Å². The number of hydrogen-bond acceptors (Lipinski definition) is 7. The van der Waals surface area contributed by atoms with Crippen LogP contribution in [-0.2, 0) is 54.5 Å². The Kier molecular flexibility index (Phi) is 23.0. The smallest absolute Gasteiger partial charge is 0.394 e. The molecule has 3 aromatic rings. The minimum atomic E-state index is -4.43. The van der Waals surface area contributed by atoms with Gasteiger partial charge in [0.1, 0.15) is 24.4 Å². The van der Waals surface area contributed by atoms with Crippen molar-refractivity contribution < 1.29 is 46.8 Å². The van der Waals surface area contributed by atoms with Crippen molar-refractivity contribution in [3.05, 3.63) is 120 Å². The van der Waals surface area contributed by atoms with Crippen LogP contribution < -0.4 is 5.32 Å². The maximum atomic E-state index is 14.1. The summed E-state index contributed by atoms with van der Waals surface area (Å²) in [7, 11) is 0. The Morgan fingerprint density at radius 2 is 1.25 bits per heavy atom. The second kappa shape index (κ2) is 28.1. The zero-order valence-electron chi connectivity index (χ0n) is 35.5. The highest BCUT2D eigenvalue weighted by Crippen LogP contribution is 2.31. The van der Waals surface area contributed by atoms with E-state index in [4.69, 9.17) is 23.7 Å². The van der Waals surface area contributed by atoms with Crippen molar-refractivity contribution in [2.45, 2.75) is 166 Å². The van der Waals surface area contributed by atoms with E-state index in [9.17, 15) is 23.1 Å². The van der Waals surface area contributed by atoms with Crippen molar-refractivity contribution in [2.75, 3.05) is 13.2 Å². The van der Waals surface area contributed by atoms with Gasteiger partial charge in [-0.1, -0.05) is 169 Å². The number of hydrogen-bond donors (Lipinski definition) is 2. The van der Waals surface area contributed by atoms with Crippen LogP contribution in [0, 0.1) is 0 Å². The zero-order chi connectivity index (χ0) is 42.8. The summed E-state index contributed by atoms with van der Waals surface area (Å²) in [4.78, 5) is 14.1. The van der Waals surface area contributed by atoms with Crippen LogP contribution in [0.1, 0.15) is 125 Å². The maximum absolute atomic E-state index is 14.1. The molecule has 0 aliphatic carbocycles. The molecule has 1 amide bonds. The third-order valence-electron chi connectivity index (χ3n) is 10.9. The Morgan fingerprint density at radius 1 is 0.733 bits per heavy atom. The highest BCUT2D eigenvalue weighted by Gasteiger charge is 2.48. The fraction of sp³-hybridized carbons (Fsp3) is 0.571. The van der Waals surface area contributed by atoms with Crippen LogP contribution in [0.15, 0.2) is 97.6 Å². The first kappa shape index (κ1) is 49.1. The molecule has 1 heterocycles. The van der Waals surface area contributed by atoms with Gasteiger partial charge in [0.25, 0.3) is 0 Å². The first-order valence-corrected chi connectivity index (χ1v) is 22.1. The third kappa shape index (κ3) is 18.2. The quantitative estimate of drug-likeness (QED) is 0.0510. The molecule has 0 saturated carbocycles. The molecule has 11 heteroatoms. The molecule has 0 unspecified atom stereocenters. The van der Waals surface area contributed by atoms with Crippen LogP contribution in [0.2, 0.25) is 0 Å².